The van der Waals surface area contributed by atoms with Crippen molar-refractivity contribution in [3.63, 3.8) is 0 Å². The molecular weight excluding hydrogens is 221 g/mol. The minimum Gasteiger partial charge on any atom is -0.481 e. The Hall–Kier alpha value is -1.84. The van der Waals surface area contributed by atoms with Crippen LogP contribution in [0.4, 0.5) is 4.39 Å². The van der Waals surface area contributed by atoms with E-state index in [-0.39, 0.29) is 12.2 Å². The molecule has 17 heavy (non-hydrogen) atoms. The standard InChI is InChI=1S/C13H14FNO2/c1-15-8-9(4-2-7-12(16)17)10-5-3-6-11(14)13(10)15/h3,5-6,8H,2,4,7H2,1H3,(H,16,17). The minimum atomic E-state index is -0.795. The molecule has 0 bridgehead atoms. The third kappa shape index (κ3) is 2.30. The van der Waals surface area contributed by atoms with Crippen molar-refractivity contribution in [3.05, 3.63) is 35.8 Å². The predicted octanol–water partition coefficient (Wildman–Crippen LogP) is 2.72. The average Bonchev–Trinajstić information content (AvgIpc) is 2.57. The summed E-state index contributed by atoms with van der Waals surface area (Å²) in [5.41, 5.74) is 1.58. The number of carboxylic acid groups (broad SMARTS) is 1. The first-order chi connectivity index (χ1) is 8.09. The molecule has 0 aliphatic heterocycles. The molecule has 0 aliphatic carbocycles. The zero-order valence-electron chi connectivity index (χ0n) is 9.61. The number of halogens is 1. The molecule has 1 heterocycles. The number of carbonyl (C=O) groups is 1. The highest BCUT2D eigenvalue weighted by atomic mass is 19.1. The van der Waals surface area contributed by atoms with E-state index in [0.29, 0.717) is 18.4 Å². The zero-order chi connectivity index (χ0) is 12.4. The summed E-state index contributed by atoms with van der Waals surface area (Å²) in [6.07, 6.45) is 3.25. The molecule has 2 rings (SSSR count). The molecule has 3 nitrogen and oxygen atoms in total. The average molecular weight is 235 g/mol. The van der Waals surface area contributed by atoms with E-state index in [1.54, 1.807) is 17.7 Å². The number of carboxylic acids is 1. The Morgan fingerprint density at radius 2 is 2.24 bits per heavy atom. The summed E-state index contributed by atoms with van der Waals surface area (Å²) >= 11 is 0. The van der Waals surface area contributed by atoms with Gasteiger partial charge in [-0.15, -0.1) is 0 Å². The largest absolute Gasteiger partial charge is 0.481 e. The Balaban J connectivity index is 2.29. The van der Waals surface area contributed by atoms with Gasteiger partial charge in [0, 0.05) is 25.1 Å². The van der Waals surface area contributed by atoms with Gasteiger partial charge in [0.05, 0.1) is 5.52 Å². The van der Waals surface area contributed by atoms with Gasteiger partial charge >= 0.3 is 5.97 Å². The molecule has 0 amide bonds. The van der Waals surface area contributed by atoms with Gasteiger partial charge in [0.15, 0.2) is 0 Å². The van der Waals surface area contributed by atoms with E-state index in [1.165, 1.54) is 6.07 Å². The maximum Gasteiger partial charge on any atom is 0.303 e. The SMILES string of the molecule is Cn1cc(CCCC(=O)O)c2cccc(F)c21. The molecule has 0 unspecified atom stereocenters. The second kappa shape index (κ2) is 4.57. The van der Waals surface area contributed by atoms with E-state index >= 15 is 0 Å². The van der Waals surface area contributed by atoms with Gasteiger partial charge < -0.3 is 9.67 Å². The highest BCUT2D eigenvalue weighted by Gasteiger charge is 2.10. The van der Waals surface area contributed by atoms with Crippen LogP contribution in [-0.2, 0) is 18.3 Å². The fraction of sp³-hybridized carbons (Fsp3) is 0.308. The van der Waals surface area contributed by atoms with Crippen molar-refractivity contribution in [2.45, 2.75) is 19.3 Å². The molecule has 0 fully saturated rings. The van der Waals surface area contributed by atoms with Gasteiger partial charge in [-0.05, 0) is 24.5 Å². The van der Waals surface area contributed by atoms with Crippen LogP contribution in [0.1, 0.15) is 18.4 Å². The first kappa shape index (κ1) is 11.6. The van der Waals surface area contributed by atoms with Crippen molar-refractivity contribution in [1.82, 2.24) is 4.57 Å². The highest BCUT2D eigenvalue weighted by Crippen LogP contribution is 2.24. The summed E-state index contributed by atoms with van der Waals surface area (Å²) in [4.78, 5) is 10.4. The third-order valence-corrected chi connectivity index (χ3v) is 2.87. The molecule has 1 aromatic heterocycles. The van der Waals surface area contributed by atoms with Crippen LogP contribution in [0.15, 0.2) is 24.4 Å². The number of aryl methyl sites for hydroxylation is 2. The Morgan fingerprint density at radius 1 is 1.47 bits per heavy atom. The Bertz CT molecular complexity index is 560. The fourth-order valence-corrected chi connectivity index (χ4v) is 2.13. The topological polar surface area (TPSA) is 42.2 Å². The second-order valence-electron chi connectivity index (χ2n) is 4.15. The number of fused-ring (bicyclic) bond motifs is 1. The van der Waals surface area contributed by atoms with Gasteiger partial charge in [0.1, 0.15) is 5.82 Å². The molecule has 1 N–H and O–H groups in total. The number of hydrogen-bond donors (Lipinski definition) is 1. The van der Waals surface area contributed by atoms with E-state index in [9.17, 15) is 9.18 Å². The summed E-state index contributed by atoms with van der Waals surface area (Å²) in [7, 11) is 1.80. The first-order valence-electron chi connectivity index (χ1n) is 5.54. The molecular formula is C13H14FNO2. The molecule has 0 spiro atoms. The zero-order valence-corrected chi connectivity index (χ0v) is 9.61. The molecule has 4 heteroatoms. The highest BCUT2D eigenvalue weighted by molar-refractivity contribution is 5.84. The van der Waals surface area contributed by atoms with Crippen LogP contribution >= 0.6 is 0 Å². The van der Waals surface area contributed by atoms with Crippen LogP contribution in [0.3, 0.4) is 0 Å². The normalized spacial score (nSPS) is 10.9. The number of aromatic nitrogens is 1. The van der Waals surface area contributed by atoms with Gasteiger partial charge in [-0.1, -0.05) is 12.1 Å². The van der Waals surface area contributed by atoms with Crippen molar-refractivity contribution in [3.8, 4) is 0 Å². The summed E-state index contributed by atoms with van der Waals surface area (Å²) in [6, 6.07) is 4.98. The monoisotopic (exact) mass is 235 g/mol. The van der Waals surface area contributed by atoms with Gasteiger partial charge in [-0.25, -0.2) is 4.39 Å². The van der Waals surface area contributed by atoms with Crippen LogP contribution in [0.2, 0.25) is 0 Å². The van der Waals surface area contributed by atoms with Crippen molar-refractivity contribution >= 4 is 16.9 Å². The number of nitrogens with zero attached hydrogens (tertiary/aromatic N) is 1. The minimum absolute atomic E-state index is 0.145. The number of aliphatic carboxylic acids is 1. The number of benzene rings is 1. The van der Waals surface area contributed by atoms with Crippen molar-refractivity contribution in [2.75, 3.05) is 0 Å². The van der Waals surface area contributed by atoms with E-state index < -0.39 is 5.97 Å². The quantitative estimate of drug-likeness (QED) is 0.885. The van der Waals surface area contributed by atoms with Gasteiger partial charge in [-0.3, -0.25) is 4.79 Å². The van der Waals surface area contributed by atoms with Gasteiger partial charge in [0.2, 0.25) is 0 Å². The lowest BCUT2D eigenvalue weighted by atomic mass is 10.1. The van der Waals surface area contributed by atoms with Gasteiger partial charge in [0.25, 0.3) is 0 Å². The molecule has 1 aromatic carbocycles. The van der Waals surface area contributed by atoms with Crippen molar-refractivity contribution in [1.29, 1.82) is 0 Å². The lowest BCUT2D eigenvalue weighted by Gasteiger charge is -1.98. The van der Waals surface area contributed by atoms with Crippen LogP contribution in [-0.4, -0.2) is 15.6 Å². The Kier molecular flexibility index (Phi) is 3.13. The van der Waals surface area contributed by atoms with Crippen LogP contribution in [0, 0.1) is 5.82 Å². The summed E-state index contributed by atoms with van der Waals surface area (Å²) in [5.74, 6) is -1.04. The summed E-state index contributed by atoms with van der Waals surface area (Å²) in [6.45, 7) is 0. The number of para-hydroxylation sites is 1. The van der Waals surface area contributed by atoms with E-state index in [4.69, 9.17) is 5.11 Å². The summed E-state index contributed by atoms with van der Waals surface area (Å²) in [5, 5.41) is 9.46. The lowest BCUT2D eigenvalue weighted by Crippen LogP contribution is -1.95. The fourth-order valence-electron chi connectivity index (χ4n) is 2.13. The maximum absolute atomic E-state index is 13.6. The first-order valence-corrected chi connectivity index (χ1v) is 5.54. The predicted molar refractivity (Wildman–Crippen MR) is 63.5 cm³/mol. The number of rotatable bonds is 4. The molecule has 0 saturated carbocycles. The molecule has 0 atom stereocenters. The van der Waals surface area contributed by atoms with E-state index in [2.05, 4.69) is 0 Å². The molecule has 90 valence electrons. The maximum atomic E-state index is 13.6. The number of hydrogen-bond acceptors (Lipinski definition) is 1. The van der Waals surface area contributed by atoms with Crippen molar-refractivity contribution in [2.24, 2.45) is 7.05 Å². The Labute approximate surface area is 98.5 Å². The second-order valence-corrected chi connectivity index (χ2v) is 4.15. The third-order valence-electron chi connectivity index (χ3n) is 2.87. The van der Waals surface area contributed by atoms with E-state index in [1.807, 2.05) is 12.3 Å². The molecule has 0 saturated heterocycles. The van der Waals surface area contributed by atoms with Gasteiger partial charge in [-0.2, -0.15) is 0 Å². The van der Waals surface area contributed by atoms with Crippen LogP contribution in [0.5, 0.6) is 0 Å². The molecule has 0 aliphatic rings. The smallest absolute Gasteiger partial charge is 0.303 e. The molecule has 2 aromatic rings. The van der Waals surface area contributed by atoms with E-state index in [0.717, 1.165) is 10.9 Å². The van der Waals surface area contributed by atoms with Crippen LogP contribution in [0.25, 0.3) is 10.9 Å². The molecule has 0 radical (unpaired) electrons. The lowest BCUT2D eigenvalue weighted by molar-refractivity contribution is -0.137. The summed E-state index contributed by atoms with van der Waals surface area (Å²) < 4.78 is 15.3. The van der Waals surface area contributed by atoms with Crippen molar-refractivity contribution < 1.29 is 14.3 Å². The Morgan fingerprint density at radius 3 is 2.94 bits per heavy atom. The van der Waals surface area contributed by atoms with Crippen LogP contribution < -0.4 is 0 Å².